The maximum atomic E-state index is 10.7. The fourth-order valence-corrected chi connectivity index (χ4v) is 3.41. The van der Waals surface area contributed by atoms with Gasteiger partial charge >= 0.3 is 0 Å². The van der Waals surface area contributed by atoms with Crippen LogP contribution in [0.15, 0.2) is 48.1 Å². The second-order valence-electron chi connectivity index (χ2n) is 4.51. The molecular weight excluding hydrogens is 254 g/mol. The summed E-state index contributed by atoms with van der Waals surface area (Å²) >= 11 is 1.62. The lowest BCUT2D eigenvalue weighted by atomic mass is 9.99. The van der Waals surface area contributed by atoms with E-state index in [1.807, 2.05) is 35.8 Å². The van der Waals surface area contributed by atoms with E-state index in [1.165, 1.54) is 5.56 Å². The molecule has 0 saturated heterocycles. The van der Waals surface area contributed by atoms with Gasteiger partial charge in [0.15, 0.2) is 0 Å². The zero-order valence-corrected chi connectivity index (χ0v) is 11.5. The molecule has 0 radical (unpaired) electrons. The van der Waals surface area contributed by atoms with Crippen molar-refractivity contribution in [2.45, 2.75) is 19.4 Å². The average Bonchev–Trinajstić information content (AvgIpc) is 2.94. The number of aryl methyl sites for hydroxylation is 1. The highest BCUT2D eigenvalue weighted by molar-refractivity contribution is 7.10. The van der Waals surface area contributed by atoms with Crippen molar-refractivity contribution in [3.05, 3.63) is 64.1 Å². The minimum absolute atomic E-state index is 0.555. The largest absolute Gasteiger partial charge is 0.383 e. The zero-order valence-electron chi connectivity index (χ0n) is 10.7. The molecule has 1 N–H and O–H groups in total. The van der Waals surface area contributed by atoms with Crippen molar-refractivity contribution >= 4 is 22.1 Å². The summed E-state index contributed by atoms with van der Waals surface area (Å²) in [6.07, 6.45) is 4.00. The van der Waals surface area contributed by atoms with Crippen molar-refractivity contribution in [1.82, 2.24) is 4.98 Å². The average molecular weight is 269 g/mol. The number of pyridine rings is 1. The van der Waals surface area contributed by atoms with Gasteiger partial charge in [0.2, 0.25) is 0 Å². The summed E-state index contributed by atoms with van der Waals surface area (Å²) in [7, 11) is 0. The van der Waals surface area contributed by atoms with Crippen molar-refractivity contribution in [1.29, 1.82) is 0 Å². The van der Waals surface area contributed by atoms with E-state index in [0.717, 1.165) is 27.6 Å². The molecule has 3 rings (SSSR count). The molecule has 0 bridgehead atoms. The Morgan fingerprint density at radius 2 is 2.16 bits per heavy atom. The lowest BCUT2D eigenvalue weighted by molar-refractivity contribution is 0.225. The number of hydrogen-bond donors (Lipinski definition) is 1. The number of aliphatic hydroxyl groups is 1. The summed E-state index contributed by atoms with van der Waals surface area (Å²) in [6, 6.07) is 10.0. The van der Waals surface area contributed by atoms with Crippen molar-refractivity contribution in [2.75, 3.05) is 0 Å². The van der Waals surface area contributed by atoms with Gasteiger partial charge in [-0.3, -0.25) is 4.98 Å². The number of fused-ring (bicyclic) bond motifs is 1. The molecule has 96 valence electrons. The van der Waals surface area contributed by atoms with Gasteiger partial charge in [-0.2, -0.15) is 0 Å². The molecule has 0 spiro atoms. The van der Waals surface area contributed by atoms with Gasteiger partial charge < -0.3 is 5.11 Å². The number of thiophene rings is 1. The van der Waals surface area contributed by atoms with Gasteiger partial charge in [-0.1, -0.05) is 25.1 Å². The van der Waals surface area contributed by atoms with Crippen LogP contribution in [0.5, 0.6) is 0 Å². The number of aromatic nitrogens is 1. The topological polar surface area (TPSA) is 33.1 Å². The third-order valence-corrected chi connectivity index (χ3v) is 4.43. The molecule has 2 heterocycles. The van der Waals surface area contributed by atoms with E-state index < -0.39 is 6.10 Å². The van der Waals surface area contributed by atoms with Crippen molar-refractivity contribution in [3.8, 4) is 0 Å². The Labute approximate surface area is 116 Å². The van der Waals surface area contributed by atoms with E-state index >= 15 is 0 Å². The van der Waals surface area contributed by atoms with Crippen LogP contribution >= 0.6 is 11.3 Å². The Bertz CT molecular complexity index is 699. The quantitative estimate of drug-likeness (QED) is 0.781. The third kappa shape index (κ3) is 2.15. The summed E-state index contributed by atoms with van der Waals surface area (Å²) in [5.41, 5.74) is 2.18. The highest BCUT2D eigenvalue weighted by atomic mass is 32.1. The van der Waals surface area contributed by atoms with Gasteiger partial charge in [-0.05, 0) is 40.4 Å². The molecule has 0 amide bonds. The number of aliphatic hydroxyl groups excluding tert-OH is 1. The van der Waals surface area contributed by atoms with E-state index in [-0.39, 0.29) is 0 Å². The molecule has 2 aromatic heterocycles. The van der Waals surface area contributed by atoms with Gasteiger partial charge in [0, 0.05) is 22.7 Å². The van der Waals surface area contributed by atoms with E-state index in [1.54, 1.807) is 17.5 Å². The van der Waals surface area contributed by atoms with Crippen molar-refractivity contribution < 1.29 is 5.11 Å². The van der Waals surface area contributed by atoms with E-state index in [0.29, 0.717) is 0 Å². The molecular formula is C16H15NOS. The molecule has 19 heavy (non-hydrogen) atoms. The maximum absolute atomic E-state index is 10.7. The molecule has 2 nitrogen and oxygen atoms in total. The Morgan fingerprint density at radius 3 is 3.00 bits per heavy atom. The van der Waals surface area contributed by atoms with Gasteiger partial charge in [-0.15, -0.1) is 11.3 Å². The fourth-order valence-electron chi connectivity index (χ4n) is 2.41. The standard InChI is InChI=1S/C16H15NOS/c1-2-11-7-9-19-16(11)15(18)14-5-3-4-12-10-17-8-6-13(12)14/h3-10,15,18H,2H2,1H3. The van der Waals surface area contributed by atoms with Gasteiger partial charge in [0.1, 0.15) is 6.10 Å². The van der Waals surface area contributed by atoms with Gasteiger partial charge in [-0.25, -0.2) is 0 Å². The Kier molecular flexibility index (Phi) is 3.32. The van der Waals surface area contributed by atoms with Crippen LogP contribution in [0.2, 0.25) is 0 Å². The molecule has 0 saturated carbocycles. The van der Waals surface area contributed by atoms with Crippen LogP contribution in [0.1, 0.15) is 29.0 Å². The lowest BCUT2D eigenvalue weighted by Gasteiger charge is -2.14. The SMILES string of the molecule is CCc1ccsc1C(O)c1cccc2cnccc12. The monoisotopic (exact) mass is 269 g/mol. The minimum atomic E-state index is -0.555. The van der Waals surface area contributed by atoms with Crippen LogP contribution < -0.4 is 0 Å². The molecule has 0 aliphatic rings. The fraction of sp³-hybridized carbons (Fsp3) is 0.188. The van der Waals surface area contributed by atoms with E-state index in [4.69, 9.17) is 0 Å². The maximum Gasteiger partial charge on any atom is 0.114 e. The van der Waals surface area contributed by atoms with Gasteiger partial charge in [0.05, 0.1) is 0 Å². The molecule has 3 heteroatoms. The van der Waals surface area contributed by atoms with E-state index in [2.05, 4.69) is 18.0 Å². The predicted octanol–water partition coefficient (Wildman–Crippen LogP) is 3.94. The van der Waals surface area contributed by atoms with Gasteiger partial charge in [0.25, 0.3) is 0 Å². The molecule has 1 unspecified atom stereocenters. The van der Waals surface area contributed by atoms with E-state index in [9.17, 15) is 5.11 Å². The summed E-state index contributed by atoms with van der Waals surface area (Å²) in [6.45, 7) is 2.12. The van der Waals surface area contributed by atoms with Crippen LogP contribution in [-0.4, -0.2) is 10.1 Å². The van der Waals surface area contributed by atoms with Crippen LogP contribution in [0.25, 0.3) is 10.8 Å². The molecule has 0 aliphatic carbocycles. The minimum Gasteiger partial charge on any atom is -0.383 e. The normalized spacial score (nSPS) is 12.7. The van der Waals surface area contributed by atoms with Crippen molar-refractivity contribution in [2.24, 2.45) is 0 Å². The summed E-state index contributed by atoms with van der Waals surface area (Å²) in [5, 5.41) is 14.9. The van der Waals surface area contributed by atoms with Crippen LogP contribution in [-0.2, 0) is 6.42 Å². The molecule has 3 aromatic rings. The summed E-state index contributed by atoms with van der Waals surface area (Å²) < 4.78 is 0. The number of hydrogen-bond acceptors (Lipinski definition) is 3. The molecule has 0 aliphatic heterocycles. The molecule has 0 fully saturated rings. The second kappa shape index (κ2) is 5.11. The first-order valence-corrected chi connectivity index (χ1v) is 7.26. The highest BCUT2D eigenvalue weighted by Gasteiger charge is 2.17. The smallest absolute Gasteiger partial charge is 0.114 e. The van der Waals surface area contributed by atoms with Crippen LogP contribution in [0.3, 0.4) is 0 Å². The first-order chi connectivity index (χ1) is 9.31. The van der Waals surface area contributed by atoms with Crippen molar-refractivity contribution in [3.63, 3.8) is 0 Å². The highest BCUT2D eigenvalue weighted by Crippen LogP contribution is 2.33. The summed E-state index contributed by atoms with van der Waals surface area (Å²) in [5.74, 6) is 0. The Morgan fingerprint density at radius 1 is 1.26 bits per heavy atom. The second-order valence-corrected chi connectivity index (χ2v) is 5.46. The first-order valence-electron chi connectivity index (χ1n) is 6.38. The zero-order chi connectivity index (χ0) is 13.2. The number of benzene rings is 1. The Hall–Kier alpha value is -1.71. The lowest BCUT2D eigenvalue weighted by Crippen LogP contribution is -2.01. The Balaban J connectivity index is 2.14. The number of rotatable bonds is 3. The summed E-state index contributed by atoms with van der Waals surface area (Å²) in [4.78, 5) is 5.18. The molecule has 1 aromatic carbocycles. The predicted molar refractivity (Wildman–Crippen MR) is 79.5 cm³/mol. The van der Waals surface area contributed by atoms with Crippen LogP contribution in [0.4, 0.5) is 0 Å². The molecule has 1 atom stereocenters. The third-order valence-electron chi connectivity index (χ3n) is 3.42. The first kappa shape index (κ1) is 12.3. The number of nitrogens with zero attached hydrogens (tertiary/aromatic N) is 1. The van der Waals surface area contributed by atoms with Crippen LogP contribution in [0, 0.1) is 0 Å².